The maximum absolute atomic E-state index is 13.6. The van der Waals surface area contributed by atoms with Gasteiger partial charge in [0.15, 0.2) is 0 Å². The van der Waals surface area contributed by atoms with Crippen molar-refractivity contribution in [3.63, 3.8) is 0 Å². The molecule has 1 atom stereocenters. The Bertz CT molecular complexity index is 1540. The van der Waals surface area contributed by atoms with Crippen LogP contribution in [0, 0.1) is 5.82 Å². The summed E-state index contributed by atoms with van der Waals surface area (Å²) in [7, 11) is 6.90. The topological polar surface area (TPSA) is 106 Å². The van der Waals surface area contributed by atoms with Gasteiger partial charge in [-0.3, -0.25) is 9.59 Å². The Balaban J connectivity index is 1.78. The van der Waals surface area contributed by atoms with Crippen molar-refractivity contribution in [2.24, 2.45) is 5.73 Å². The van der Waals surface area contributed by atoms with Crippen molar-refractivity contribution < 1.29 is 18.4 Å². The third-order valence-corrected chi connectivity index (χ3v) is 7.61. The van der Waals surface area contributed by atoms with Crippen LogP contribution < -0.4 is 5.73 Å². The molecule has 1 aromatic heterocycles. The lowest BCUT2D eigenvalue weighted by molar-refractivity contribution is 0.0820. The molecule has 0 bridgehead atoms. The summed E-state index contributed by atoms with van der Waals surface area (Å²) in [5.41, 5.74) is 11.1. The highest BCUT2D eigenvalue weighted by Crippen LogP contribution is 2.48. The number of aromatic nitrogens is 2. The maximum Gasteiger partial charge on any atom is 0.253 e. The van der Waals surface area contributed by atoms with E-state index in [0.717, 1.165) is 22.3 Å². The van der Waals surface area contributed by atoms with E-state index in [-0.39, 0.29) is 29.6 Å². The highest BCUT2D eigenvalue weighted by molar-refractivity contribution is 5.95. The van der Waals surface area contributed by atoms with Crippen molar-refractivity contribution in [3.8, 4) is 11.5 Å². The molecule has 2 N–H and O–H groups in total. The average molecular weight is 556 g/mol. The second kappa shape index (κ2) is 10.9. The van der Waals surface area contributed by atoms with Gasteiger partial charge in [0.1, 0.15) is 11.2 Å². The Morgan fingerprint density at radius 2 is 1.39 bits per heavy atom. The van der Waals surface area contributed by atoms with E-state index in [1.807, 2.05) is 43.3 Å². The fraction of sp³-hybridized carbons (Fsp3) is 0.312. The molecule has 9 heteroatoms. The van der Waals surface area contributed by atoms with Gasteiger partial charge in [0.25, 0.3) is 11.8 Å². The second-order valence-corrected chi connectivity index (χ2v) is 11.1. The number of benzene rings is 3. The number of nitrogens with zero attached hydrogens (tertiary/aromatic N) is 4. The molecule has 0 radical (unpaired) electrons. The zero-order chi connectivity index (χ0) is 29.5. The van der Waals surface area contributed by atoms with E-state index in [1.54, 1.807) is 50.1 Å². The highest BCUT2D eigenvalue weighted by atomic mass is 19.1. The number of hydrogen-bond acceptors (Lipinski definition) is 6. The molecule has 1 aliphatic rings. The van der Waals surface area contributed by atoms with Crippen LogP contribution in [-0.2, 0) is 18.3 Å². The normalized spacial score (nSPS) is 14.4. The van der Waals surface area contributed by atoms with Crippen LogP contribution in [0.25, 0.3) is 11.5 Å². The van der Waals surface area contributed by atoms with Gasteiger partial charge < -0.3 is 20.0 Å². The first kappa shape index (κ1) is 28.2. The van der Waals surface area contributed by atoms with Gasteiger partial charge in [-0.05, 0) is 97.0 Å². The molecule has 3 aromatic carbocycles. The minimum atomic E-state index is -0.958. The van der Waals surface area contributed by atoms with Crippen molar-refractivity contribution >= 4 is 11.8 Å². The van der Waals surface area contributed by atoms with E-state index in [2.05, 4.69) is 10.2 Å². The summed E-state index contributed by atoms with van der Waals surface area (Å²) < 4.78 is 20.0. The molecule has 1 aliphatic carbocycles. The smallest absolute Gasteiger partial charge is 0.253 e. The Morgan fingerprint density at radius 1 is 0.878 bits per heavy atom. The van der Waals surface area contributed by atoms with Gasteiger partial charge in [0.2, 0.25) is 11.8 Å². The predicted molar refractivity (Wildman–Crippen MR) is 154 cm³/mol. The zero-order valence-electron chi connectivity index (χ0n) is 23.9. The van der Waals surface area contributed by atoms with Crippen molar-refractivity contribution in [3.05, 3.63) is 106 Å². The van der Waals surface area contributed by atoms with E-state index in [4.69, 9.17) is 10.2 Å². The number of hydrogen-bond donors (Lipinski definition) is 1. The number of carbonyl (C=O) groups is 2. The molecule has 0 saturated heterocycles. The lowest BCUT2D eigenvalue weighted by Crippen LogP contribution is -2.37. The summed E-state index contributed by atoms with van der Waals surface area (Å²) in [6.45, 7) is 1.93. The monoisotopic (exact) mass is 555 g/mol. The van der Waals surface area contributed by atoms with Gasteiger partial charge in [-0.15, -0.1) is 10.2 Å². The number of aryl methyl sites for hydroxylation is 2. The summed E-state index contributed by atoms with van der Waals surface area (Å²) in [4.78, 5) is 28.9. The van der Waals surface area contributed by atoms with E-state index in [9.17, 15) is 14.0 Å². The van der Waals surface area contributed by atoms with Gasteiger partial charge in [0.05, 0.1) is 0 Å². The van der Waals surface area contributed by atoms with E-state index < -0.39 is 5.41 Å². The number of nitrogens with two attached hydrogens (primary N) is 1. The Morgan fingerprint density at radius 3 is 1.85 bits per heavy atom. The molecule has 4 aromatic rings. The van der Waals surface area contributed by atoms with Crippen LogP contribution in [0.2, 0.25) is 0 Å². The molecule has 5 rings (SSSR count). The molecule has 212 valence electrons. The average Bonchev–Trinajstić information content (AvgIpc) is 3.40. The summed E-state index contributed by atoms with van der Waals surface area (Å²) in [5.74, 6) is 0.0528. The lowest BCUT2D eigenvalue weighted by atomic mass is 9.68. The number of carbonyl (C=O) groups excluding carboxylic acids is 2. The van der Waals surface area contributed by atoms with Gasteiger partial charge in [-0.2, -0.15) is 0 Å². The molecule has 8 nitrogen and oxygen atoms in total. The second-order valence-electron chi connectivity index (χ2n) is 11.1. The molecule has 0 saturated carbocycles. The van der Waals surface area contributed by atoms with Crippen LogP contribution in [0.4, 0.5) is 4.39 Å². The number of amides is 2. The number of rotatable bonds is 6. The first-order valence-electron chi connectivity index (χ1n) is 13.6. The van der Waals surface area contributed by atoms with E-state index in [1.165, 1.54) is 12.1 Å². The zero-order valence-corrected chi connectivity index (χ0v) is 23.9. The fourth-order valence-corrected chi connectivity index (χ4v) is 5.76. The number of fused-ring (bicyclic) bond motifs is 2. The van der Waals surface area contributed by atoms with Gasteiger partial charge in [0, 0.05) is 50.9 Å². The first-order chi connectivity index (χ1) is 19.5. The molecule has 0 unspecified atom stereocenters. The van der Waals surface area contributed by atoms with Gasteiger partial charge >= 0.3 is 0 Å². The molecular weight excluding hydrogens is 521 g/mol. The van der Waals surface area contributed by atoms with Crippen molar-refractivity contribution in [1.29, 1.82) is 0 Å². The summed E-state index contributed by atoms with van der Waals surface area (Å²) >= 11 is 0. The van der Waals surface area contributed by atoms with Crippen LogP contribution in [0.15, 0.2) is 65.1 Å². The Kier molecular flexibility index (Phi) is 7.48. The van der Waals surface area contributed by atoms with Crippen LogP contribution in [-0.4, -0.2) is 66.0 Å². The molecular formula is C32H34FN5O3. The minimum absolute atomic E-state index is 0.0948. The molecule has 0 spiro atoms. The fourth-order valence-electron chi connectivity index (χ4n) is 5.76. The van der Waals surface area contributed by atoms with Crippen LogP contribution in [0.3, 0.4) is 0 Å². The van der Waals surface area contributed by atoms with Crippen LogP contribution in [0.5, 0.6) is 0 Å². The SMILES string of the molecule is C[C@H](N)CC1(c2nnc(-c3ccc(F)cc3)o2)c2ccc(C(=O)N(C)C)cc2CCc2cc(C(=O)N(C)C)ccc21. The van der Waals surface area contributed by atoms with Gasteiger partial charge in [-0.1, -0.05) is 12.1 Å². The van der Waals surface area contributed by atoms with Gasteiger partial charge in [-0.25, -0.2) is 4.39 Å². The van der Waals surface area contributed by atoms with Crippen molar-refractivity contribution in [1.82, 2.24) is 20.0 Å². The molecule has 0 aliphatic heterocycles. The molecule has 1 heterocycles. The Labute approximate surface area is 239 Å². The third kappa shape index (κ3) is 5.13. The largest absolute Gasteiger partial charge is 0.419 e. The molecule has 2 amide bonds. The standard InChI is InChI=1S/C32H34FN5O3/c1-19(34)18-32(31-36-35-28(41-31)20-8-12-25(33)13-9-20)26-14-10-23(29(39)37(2)3)16-21(26)6-7-22-17-24(11-15-27(22)32)30(40)38(4)5/h8-17,19H,6-7,18,34H2,1-5H3/t19-/m0/s1. The minimum Gasteiger partial charge on any atom is -0.419 e. The summed E-state index contributed by atoms with van der Waals surface area (Å²) in [6, 6.07) is 17.0. The number of halogens is 1. The lowest BCUT2D eigenvalue weighted by Gasteiger charge is -2.35. The summed E-state index contributed by atoms with van der Waals surface area (Å²) in [5, 5.41) is 8.92. The van der Waals surface area contributed by atoms with Crippen molar-refractivity contribution in [2.75, 3.05) is 28.2 Å². The third-order valence-electron chi connectivity index (χ3n) is 7.61. The predicted octanol–water partition coefficient (Wildman–Crippen LogP) is 4.45. The first-order valence-corrected chi connectivity index (χ1v) is 13.6. The highest BCUT2D eigenvalue weighted by Gasteiger charge is 2.46. The van der Waals surface area contributed by atoms with Crippen LogP contribution >= 0.6 is 0 Å². The maximum atomic E-state index is 13.6. The molecule has 0 fully saturated rings. The van der Waals surface area contributed by atoms with E-state index in [0.29, 0.717) is 41.8 Å². The quantitative estimate of drug-likeness (QED) is 0.377. The van der Waals surface area contributed by atoms with Crippen molar-refractivity contribution in [2.45, 2.75) is 37.6 Å². The summed E-state index contributed by atoms with van der Waals surface area (Å²) in [6.07, 6.45) is 1.70. The van der Waals surface area contributed by atoms with Crippen LogP contribution in [0.1, 0.15) is 62.2 Å². The Hall–Kier alpha value is -4.37. The molecule has 41 heavy (non-hydrogen) atoms. The van der Waals surface area contributed by atoms with E-state index >= 15 is 0 Å².